The Labute approximate surface area is 139 Å². The number of hydrogen-bond acceptors (Lipinski definition) is 5. The Balaban J connectivity index is 1.83. The summed E-state index contributed by atoms with van der Waals surface area (Å²) >= 11 is 1.78. The molecule has 0 saturated heterocycles. The molecule has 0 saturated carbocycles. The van der Waals surface area contributed by atoms with Gasteiger partial charge in [-0.15, -0.1) is 11.3 Å². The van der Waals surface area contributed by atoms with Crippen molar-refractivity contribution in [1.82, 2.24) is 9.97 Å². The second-order valence-electron chi connectivity index (χ2n) is 6.40. The predicted octanol–water partition coefficient (Wildman–Crippen LogP) is 4.57. The van der Waals surface area contributed by atoms with Crippen LogP contribution in [-0.2, 0) is 12.8 Å². The third-order valence-corrected chi connectivity index (χ3v) is 5.66. The third-order valence-electron chi connectivity index (χ3n) is 4.50. The van der Waals surface area contributed by atoms with Gasteiger partial charge in [-0.05, 0) is 55.4 Å². The molecular weight excluding hydrogens is 306 g/mol. The fourth-order valence-electron chi connectivity index (χ4n) is 3.25. The maximum atomic E-state index is 10.1. The van der Waals surface area contributed by atoms with Gasteiger partial charge in [-0.25, -0.2) is 9.97 Å². The first-order valence-corrected chi connectivity index (χ1v) is 8.75. The van der Waals surface area contributed by atoms with Crippen molar-refractivity contribution in [2.75, 3.05) is 5.32 Å². The minimum Gasteiger partial charge on any atom is -0.506 e. The van der Waals surface area contributed by atoms with Crippen LogP contribution in [0.2, 0.25) is 0 Å². The molecule has 1 atom stereocenters. The van der Waals surface area contributed by atoms with E-state index in [1.165, 1.54) is 16.9 Å². The topological polar surface area (TPSA) is 58.0 Å². The minimum atomic E-state index is 0.236. The van der Waals surface area contributed by atoms with Gasteiger partial charge in [0.25, 0.3) is 0 Å². The number of phenolic OH excluding ortho intramolecular Hbond substituents is 1. The molecule has 0 amide bonds. The largest absolute Gasteiger partial charge is 0.506 e. The van der Waals surface area contributed by atoms with Crippen molar-refractivity contribution in [2.24, 2.45) is 5.92 Å². The van der Waals surface area contributed by atoms with E-state index in [1.54, 1.807) is 23.7 Å². The molecule has 1 aromatic carbocycles. The van der Waals surface area contributed by atoms with Gasteiger partial charge < -0.3 is 10.4 Å². The van der Waals surface area contributed by atoms with Crippen LogP contribution in [0.15, 0.2) is 24.5 Å². The molecule has 0 radical (unpaired) electrons. The Kier molecular flexibility index (Phi) is 3.45. The Morgan fingerprint density at radius 2 is 2.17 bits per heavy atom. The van der Waals surface area contributed by atoms with Gasteiger partial charge in [-0.1, -0.05) is 13.0 Å². The molecule has 0 fully saturated rings. The lowest BCUT2D eigenvalue weighted by molar-refractivity contribution is 0.477. The lowest BCUT2D eigenvalue weighted by atomic mass is 9.89. The Hall–Kier alpha value is -2.14. The molecule has 2 heterocycles. The third kappa shape index (κ3) is 2.55. The molecule has 23 heavy (non-hydrogen) atoms. The van der Waals surface area contributed by atoms with E-state index in [0.29, 0.717) is 5.69 Å². The van der Waals surface area contributed by atoms with E-state index in [0.717, 1.165) is 40.4 Å². The number of benzene rings is 1. The number of aromatic nitrogens is 2. The first-order chi connectivity index (χ1) is 11.1. The fourth-order valence-corrected chi connectivity index (χ4v) is 4.60. The number of rotatable bonds is 2. The smallest absolute Gasteiger partial charge is 0.142 e. The van der Waals surface area contributed by atoms with Gasteiger partial charge in [-0.2, -0.15) is 0 Å². The van der Waals surface area contributed by atoms with E-state index in [-0.39, 0.29) is 5.75 Å². The minimum absolute atomic E-state index is 0.236. The van der Waals surface area contributed by atoms with Gasteiger partial charge in [0.05, 0.1) is 11.1 Å². The van der Waals surface area contributed by atoms with Crippen molar-refractivity contribution in [2.45, 2.75) is 33.1 Å². The summed E-state index contributed by atoms with van der Waals surface area (Å²) in [6, 6.07) is 5.54. The molecule has 0 spiro atoms. The number of fused-ring (bicyclic) bond motifs is 3. The highest BCUT2D eigenvalue weighted by Crippen LogP contribution is 2.40. The quantitative estimate of drug-likeness (QED) is 0.677. The maximum Gasteiger partial charge on any atom is 0.142 e. The second kappa shape index (κ2) is 5.49. The zero-order valence-electron chi connectivity index (χ0n) is 13.3. The van der Waals surface area contributed by atoms with Crippen LogP contribution in [0.1, 0.15) is 29.3 Å². The summed E-state index contributed by atoms with van der Waals surface area (Å²) in [4.78, 5) is 11.4. The van der Waals surface area contributed by atoms with Crippen molar-refractivity contribution in [3.63, 3.8) is 0 Å². The molecule has 3 aromatic rings. The Bertz CT molecular complexity index is 887. The van der Waals surface area contributed by atoms with E-state index in [9.17, 15) is 5.11 Å². The number of nitrogens with zero attached hydrogens (tertiary/aromatic N) is 2. The highest BCUT2D eigenvalue weighted by Gasteiger charge is 2.23. The monoisotopic (exact) mass is 325 g/mol. The highest BCUT2D eigenvalue weighted by molar-refractivity contribution is 7.19. The summed E-state index contributed by atoms with van der Waals surface area (Å²) in [5, 5.41) is 14.5. The summed E-state index contributed by atoms with van der Waals surface area (Å²) < 4.78 is 0. The van der Waals surface area contributed by atoms with Crippen LogP contribution < -0.4 is 5.32 Å². The Morgan fingerprint density at radius 3 is 3.04 bits per heavy atom. The normalized spacial score (nSPS) is 17.2. The average Bonchev–Trinajstić information content (AvgIpc) is 2.89. The van der Waals surface area contributed by atoms with E-state index >= 15 is 0 Å². The molecule has 1 aliphatic rings. The van der Waals surface area contributed by atoms with Crippen molar-refractivity contribution in [3.05, 3.63) is 40.5 Å². The van der Waals surface area contributed by atoms with E-state index in [2.05, 4.69) is 22.2 Å². The summed E-state index contributed by atoms with van der Waals surface area (Å²) in [6.45, 7) is 4.32. The van der Waals surface area contributed by atoms with E-state index < -0.39 is 0 Å². The van der Waals surface area contributed by atoms with Crippen LogP contribution in [0.3, 0.4) is 0 Å². The van der Waals surface area contributed by atoms with Gasteiger partial charge in [0, 0.05) is 4.88 Å². The number of hydrogen-bond donors (Lipinski definition) is 2. The number of anilines is 2. The van der Waals surface area contributed by atoms with Gasteiger partial charge in [0.2, 0.25) is 0 Å². The molecule has 118 valence electrons. The van der Waals surface area contributed by atoms with Crippen LogP contribution in [-0.4, -0.2) is 15.1 Å². The lowest BCUT2D eigenvalue weighted by Gasteiger charge is -2.18. The Morgan fingerprint density at radius 1 is 1.30 bits per heavy atom. The van der Waals surface area contributed by atoms with Crippen molar-refractivity contribution in [1.29, 1.82) is 0 Å². The maximum absolute atomic E-state index is 10.1. The molecular formula is C18H19N3OS. The number of phenols is 1. The van der Waals surface area contributed by atoms with Crippen LogP contribution >= 0.6 is 11.3 Å². The summed E-state index contributed by atoms with van der Waals surface area (Å²) in [6.07, 6.45) is 5.02. The molecule has 4 nitrogen and oxygen atoms in total. The predicted molar refractivity (Wildman–Crippen MR) is 94.7 cm³/mol. The second-order valence-corrected chi connectivity index (χ2v) is 7.48. The molecule has 0 aliphatic heterocycles. The van der Waals surface area contributed by atoms with Crippen LogP contribution in [0.25, 0.3) is 10.2 Å². The fraction of sp³-hybridized carbons (Fsp3) is 0.333. The van der Waals surface area contributed by atoms with Crippen molar-refractivity contribution >= 4 is 33.1 Å². The molecule has 1 unspecified atom stereocenters. The molecule has 1 aliphatic carbocycles. The van der Waals surface area contributed by atoms with E-state index in [4.69, 9.17) is 0 Å². The zero-order chi connectivity index (χ0) is 16.0. The summed E-state index contributed by atoms with van der Waals surface area (Å²) in [7, 11) is 0. The number of thiophene rings is 1. The summed E-state index contributed by atoms with van der Waals surface area (Å²) in [5.41, 5.74) is 3.17. The molecule has 2 N–H and O–H groups in total. The van der Waals surface area contributed by atoms with Crippen LogP contribution in [0.4, 0.5) is 11.5 Å². The van der Waals surface area contributed by atoms with Crippen LogP contribution in [0, 0.1) is 12.8 Å². The number of aryl methyl sites for hydroxylation is 2. The van der Waals surface area contributed by atoms with E-state index in [1.807, 2.05) is 19.1 Å². The summed E-state index contributed by atoms with van der Waals surface area (Å²) in [5.74, 6) is 1.77. The number of aromatic hydroxyl groups is 1. The van der Waals surface area contributed by atoms with Gasteiger partial charge >= 0.3 is 0 Å². The molecule has 2 aromatic heterocycles. The highest BCUT2D eigenvalue weighted by atomic mass is 32.1. The van der Waals surface area contributed by atoms with Crippen molar-refractivity contribution < 1.29 is 5.11 Å². The van der Waals surface area contributed by atoms with Gasteiger partial charge in [0.15, 0.2) is 0 Å². The van der Waals surface area contributed by atoms with Crippen LogP contribution in [0.5, 0.6) is 5.75 Å². The van der Waals surface area contributed by atoms with Gasteiger partial charge in [0.1, 0.15) is 22.7 Å². The zero-order valence-corrected chi connectivity index (χ0v) is 14.1. The first kappa shape index (κ1) is 14.5. The van der Waals surface area contributed by atoms with Crippen molar-refractivity contribution in [3.8, 4) is 5.75 Å². The lowest BCUT2D eigenvalue weighted by Crippen LogP contribution is -2.09. The molecule has 5 heteroatoms. The first-order valence-electron chi connectivity index (χ1n) is 7.93. The molecule has 0 bridgehead atoms. The van der Waals surface area contributed by atoms with Gasteiger partial charge in [-0.3, -0.25) is 0 Å². The standard InChI is InChI=1S/C18H19N3OS/c1-10-4-6-14(22)13(7-10)21-17-16-12-5-3-11(2)8-15(12)23-18(16)20-9-19-17/h4,6-7,9,11,22H,3,5,8H2,1-2H3,(H,19,20,21). The number of nitrogens with one attached hydrogen (secondary N) is 1. The SMILES string of the molecule is Cc1ccc(O)c(Nc2ncnc3sc4c(c23)CCC(C)C4)c1. The average molecular weight is 325 g/mol. The molecule has 4 rings (SSSR count).